The fourth-order valence-electron chi connectivity index (χ4n) is 0.976. The molecule has 0 saturated heterocycles. The Kier molecular flexibility index (Phi) is 19.7. The summed E-state index contributed by atoms with van der Waals surface area (Å²) >= 11 is 0. The van der Waals surface area contributed by atoms with Gasteiger partial charge in [0.1, 0.15) is 0 Å². The fourth-order valence-corrected chi connectivity index (χ4v) is 0.976. The molecule has 0 amide bonds. The molecule has 0 bridgehead atoms. The second-order valence-corrected chi connectivity index (χ2v) is 4.13. The summed E-state index contributed by atoms with van der Waals surface area (Å²) in [5, 5.41) is 25.1. The lowest BCUT2D eigenvalue weighted by Crippen LogP contribution is -2.21. The first-order valence-electron chi connectivity index (χ1n) is 6.75. The van der Waals surface area contributed by atoms with Crippen LogP contribution in [0.2, 0.25) is 0 Å². The average Bonchev–Trinajstić information content (AvgIpc) is 2.38. The molecule has 19 heavy (non-hydrogen) atoms. The van der Waals surface area contributed by atoms with Crippen molar-refractivity contribution in [3.05, 3.63) is 0 Å². The third-order valence-corrected chi connectivity index (χ3v) is 1.79. The molecule has 0 spiro atoms. The van der Waals surface area contributed by atoms with Crippen molar-refractivity contribution in [2.24, 2.45) is 0 Å². The van der Waals surface area contributed by atoms with Crippen molar-refractivity contribution in [2.45, 2.75) is 39.4 Å². The molecule has 0 saturated carbocycles. The third-order valence-electron chi connectivity index (χ3n) is 1.79. The van der Waals surface area contributed by atoms with Gasteiger partial charge >= 0.3 is 0 Å². The third kappa shape index (κ3) is 23.3. The molecule has 0 aromatic carbocycles. The highest BCUT2D eigenvalue weighted by Crippen LogP contribution is 1.94. The van der Waals surface area contributed by atoms with Gasteiger partial charge < -0.3 is 29.5 Å². The minimum absolute atomic E-state index is 0.0278. The van der Waals surface area contributed by atoms with Crippen LogP contribution < -0.4 is 0 Å². The Morgan fingerprint density at radius 2 is 1.47 bits per heavy atom. The molecule has 0 aromatic heterocycles. The molecule has 0 fully saturated rings. The summed E-state index contributed by atoms with van der Waals surface area (Å²) in [6.07, 6.45) is 0.716. The monoisotopic (exact) mass is 282 g/mol. The molecule has 0 rings (SSSR count). The SMILES string of the molecule is CCCOCC(C)OCC(C)O.OCCOCCO. The molecule has 118 valence electrons. The smallest absolute Gasteiger partial charge is 0.0781 e. The Hall–Kier alpha value is -0.240. The quantitative estimate of drug-likeness (QED) is 0.469. The van der Waals surface area contributed by atoms with Gasteiger partial charge in [0.2, 0.25) is 0 Å². The second kappa shape index (κ2) is 17.8. The first-order chi connectivity index (χ1) is 9.08. The van der Waals surface area contributed by atoms with Gasteiger partial charge in [0.25, 0.3) is 0 Å². The lowest BCUT2D eigenvalue weighted by Gasteiger charge is -2.14. The van der Waals surface area contributed by atoms with Crippen molar-refractivity contribution in [3.8, 4) is 0 Å². The molecule has 0 heterocycles. The van der Waals surface area contributed by atoms with E-state index in [-0.39, 0.29) is 19.3 Å². The molecule has 6 nitrogen and oxygen atoms in total. The second-order valence-electron chi connectivity index (χ2n) is 4.13. The average molecular weight is 282 g/mol. The molecule has 0 aromatic rings. The van der Waals surface area contributed by atoms with Crippen LogP contribution in [0.4, 0.5) is 0 Å². The Bertz CT molecular complexity index is 150. The van der Waals surface area contributed by atoms with Gasteiger partial charge in [0, 0.05) is 6.61 Å². The molecule has 0 radical (unpaired) electrons. The molecule has 0 aliphatic carbocycles. The van der Waals surface area contributed by atoms with Gasteiger partial charge in [0.05, 0.1) is 51.8 Å². The standard InChI is InChI=1S/C9H20O3.C4H10O3/c1-4-5-11-7-9(3)12-6-8(2)10;5-1-3-7-4-2-6/h8-10H,4-7H2,1-3H3;5-6H,1-4H2. The van der Waals surface area contributed by atoms with Crippen LogP contribution in [0.3, 0.4) is 0 Å². The number of aliphatic hydroxyl groups is 3. The van der Waals surface area contributed by atoms with Gasteiger partial charge in [0.15, 0.2) is 0 Å². The van der Waals surface area contributed by atoms with Gasteiger partial charge in [-0.25, -0.2) is 0 Å². The van der Waals surface area contributed by atoms with E-state index in [9.17, 15) is 0 Å². The topological polar surface area (TPSA) is 88.4 Å². The zero-order valence-corrected chi connectivity index (χ0v) is 12.4. The highest BCUT2D eigenvalue weighted by molar-refractivity contribution is 4.49. The van der Waals surface area contributed by atoms with Crippen LogP contribution in [-0.2, 0) is 14.2 Å². The molecular weight excluding hydrogens is 252 g/mol. The Labute approximate surface area is 116 Å². The van der Waals surface area contributed by atoms with Crippen LogP contribution in [0.25, 0.3) is 0 Å². The maximum Gasteiger partial charge on any atom is 0.0781 e. The summed E-state index contributed by atoms with van der Waals surface area (Å²) in [5.74, 6) is 0. The van der Waals surface area contributed by atoms with E-state index in [4.69, 9.17) is 24.8 Å². The van der Waals surface area contributed by atoms with Crippen molar-refractivity contribution in [2.75, 3.05) is 46.2 Å². The molecule has 6 heteroatoms. The summed E-state index contributed by atoms with van der Waals surface area (Å²) in [6, 6.07) is 0. The Morgan fingerprint density at radius 3 is 1.89 bits per heavy atom. The van der Waals surface area contributed by atoms with Crippen molar-refractivity contribution >= 4 is 0 Å². The summed E-state index contributed by atoms with van der Waals surface area (Å²) < 4.78 is 15.2. The van der Waals surface area contributed by atoms with Gasteiger partial charge in [-0.3, -0.25) is 0 Å². The summed E-state index contributed by atoms with van der Waals surface area (Å²) in [4.78, 5) is 0. The van der Waals surface area contributed by atoms with Gasteiger partial charge in [-0.2, -0.15) is 0 Å². The Balaban J connectivity index is 0. The fraction of sp³-hybridized carbons (Fsp3) is 1.00. The van der Waals surface area contributed by atoms with Crippen LogP contribution in [0.5, 0.6) is 0 Å². The van der Waals surface area contributed by atoms with E-state index in [2.05, 4.69) is 11.7 Å². The lowest BCUT2D eigenvalue weighted by molar-refractivity contribution is -0.0363. The van der Waals surface area contributed by atoms with Gasteiger partial charge in [-0.15, -0.1) is 0 Å². The largest absolute Gasteiger partial charge is 0.394 e. The van der Waals surface area contributed by atoms with Crippen molar-refractivity contribution in [1.82, 2.24) is 0 Å². The van der Waals surface area contributed by atoms with E-state index in [0.29, 0.717) is 26.4 Å². The number of rotatable bonds is 11. The first-order valence-corrected chi connectivity index (χ1v) is 6.75. The van der Waals surface area contributed by atoms with Crippen LogP contribution in [0, 0.1) is 0 Å². The van der Waals surface area contributed by atoms with Crippen LogP contribution in [0.15, 0.2) is 0 Å². The molecule has 3 N–H and O–H groups in total. The summed E-state index contributed by atoms with van der Waals surface area (Å²) in [5.41, 5.74) is 0. The molecular formula is C13H30O6. The summed E-state index contributed by atoms with van der Waals surface area (Å²) in [7, 11) is 0. The lowest BCUT2D eigenvalue weighted by atomic mass is 10.4. The van der Waals surface area contributed by atoms with E-state index in [0.717, 1.165) is 13.0 Å². The van der Waals surface area contributed by atoms with Crippen molar-refractivity contribution < 1.29 is 29.5 Å². The number of hydrogen-bond acceptors (Lipinski definition) is 6. The van der Waals surface area contributed by atoms with Crippen molar-refractivity contribution in [3.63, 3.8) is 0 Å². The van der Waals surface area contributed by atoms with Crippen LogP contribution in [-0.4, -0.2) is 73.8 Å². The maximum absolute atomic E-state index is 8.91. The molecule has 2 atom stereocenters. The highest BCUT2D eigenvalue weighted by atomic mass is 16.5. The molecule has 0 aliphatic rings. The zero-order chi connectivity index (χ0) is 14.9. The zero-order valence-electron chi connectivity index (χ0n) is 12.4. The molecule has 0 aliphatic heterocycles. The van der Waals surface area contributed by atoms with E-state index < -0.39 is 6.10 Å². The number of ether oxygens (including phenoxy) is 3. The van der Waals surface area contributed by atoms with Gasteiger partial charge in [-0.1, -0.05) is 6.92 Å². The van der Waals surface area contributed by atoms with E-state index in [1.807, 2.05) is 6.92 Å². The van der Waals surface area contributed by atoms with E-state index in [1.54, 1.807) is 6.92 Å². The van der Waals surface area contributed by atoms with Gasteiger partial charge in [-0.05, 0) is 20.3 Å². The molecule has 2 unspecified atom stereocenters. The van der Waals surface area contributed by atoms with E-state index in [1.165, 1.54) is 0 Å². The van der Waals surface area contributed by atoms with Crippen LogP contribution in [0.1, 0.15) is 27.2 Å². The predicted molar refractivity (Wildman–Crippen MR) is 73.2 cm³/mol. The minimum Gasteiger partial charge on any atom is -0.394 e. The maximum atomic E-state index is 8.91. The van der Waals surface area contributed by atoms with Crippen LogP contribution >= 0.6 is 0 Å². The number of hydrogen-bond donors (Lipinski definition) is 3. The van der Waals surface area contributed by atoms with E-state index >= 15 is 0 Å². The number of aliphatic hydroxyl groups excluding tert-OH is 3. The van der Waals surface area contributed by atoms with Crippen molar-refractivity contribution in [1.29, 1.82) is 0 Å². The Morgan fingerprint density at radius 1 is 0.895 bits per heavy atom. The minimum atomic E-state index is -0.390. The predicted octanol–water partition coefficient (Wildman–Crippen LogP) is 0.187. The normalized spacial score (nSPS) is 13.6. The first kappa shape index (κ1) is 21.1. The highest BCUT2D eigenvalue weighted by Gasteiger charge is 2.03. The summed E-state index contributed by atoms with van der Waals surface area (Å²) in [6.45, 7) is 8.19.